The number of aryl methyl sites for hydroxylation is 1. The number of aromatic nitrogens is 2. The van der Waals surface area contributed by atoms with Gasteiger partial charge in [-0.15, -0.1) is 0 Å². The van der Waals surface area contributed by atoms with Gasteiger partial charge in [-0.25, -0.2) is 4.39 Å². The number of fused-ring (bicyclic) bond motifs is 1. The first kappa shape index (κ1) is 18.5. The molecule has 0 bridgehead atoms. The predicted molar refractivity (Wildman–Crippen MR) is 110 cm³/mol. The van der Waals surface area contributed by atoms with E-state index in [4.69, 9.17) is 16.3 Å². The SMILES string of the molecule is Cc1c(C)n(Cc2cccc(F)c2)c2c(OCc3ccc(Cl)cc3)ccnc12. The molecular weight excluding hydrogens is 375 g/mol. The molecule has 2 aromatic heterocycles. The van der Waals surface area contributed by atoms with Gasteiger partial charge in [0.1, 0.15) is 23.7 Å². The monoisotopic (exact) mass is 394 g/mol. The Labute approximate surface area is 168 Å². The van der Waals surface area contributed by atoms with Crippen LogP contribution in [0.3, 0.4) is 0 Å². The fraction of sp³-hybridized carbons (Fsp3) is 0.174. The summed E-state index contributed by atoms with van der Waals surface area (Å²) in [6.45, 7) is 5.09. The summed E-state index contributed by atoms with van der Waals surface area (Å²) >= 11 is 5.96. The van der Waals surface area contributed by atoms with Crippen molar-refractivity contribution in [1.29, 1.82) is 0 Å². The predicted octanol–water partition coefficient (Wildman–Crippen LogP) is 6.07. The van der Waals surface area contributed by atoms with Crippen LogP contribution >= 0.6 is 11.6 Å². The summed E-state index contributed by atoms with van der Waals surface area (Å²) in [5.74, 6) is 0.522. The third-order valence-corrected chi connectivity index (χ3v) is 5.25. The van der Waals surface area contributed by atoms with Crippen LogP contribution in [0, 0.1) is 19.7 Å². The molecular formula is C23H20ClFN2O. The van der Waals surface area contributed by atoms with Crippen molar-refractivity contribution in [2.45, 2.75) is 27.0 Å². The van der Waals surface area contributed by atoms with Gasteiger partial charge in [0.2, 0.25) is 0 Å². The molecule has 0 amide bonds. The fourth-order valence-electron chi connectivity index (χ4n) is 3.39. The number of hydrogen-bond donors (Lipinski definition) is 0. The molecule has 142 valence electrons. The van der Waals surface area contributed by atoms with Crippen LogP contribution in [0.2, 0.25) is 5.02 Å². The Hall–Kier alpha value is -2.85. The first-order valence-corrected chi connectivity index (χ1v) is 9.47. The van der Waals surface area contributed by atoms with Gasteiger partial charge in [-0.1, -0.05) is 35.9 Å². The van der Waals surface area contributed by atoms with E-state index in [-0.39, 0.29) is 5.82 Å². The van der Waals surface area contributed by atoms with Crippen LogP contribution in [-0.2, 0) is 13.2 Å². The topological polar surface area (TPSA) is 27.1 Å². The van der Waals surface area contributed by atoms with Crippen LogP contribution in [0.15, 0.2) is 60.8 Å². The highest BCUT2D eigenvalue weighted by molar-refractivity contribution is 6.30. The molecule has 0 N–H and O–H groups in total. The zero-order valence-electron chi connectivity index (χ0n) is 15.7. The van der Waals surface area contributed by atoms with E-state index >= 15 is 0 Å². The first-order valence-electron chi connectivity index (χ1n) is 9.09. The molecule has 2 aromatic carbocycles. The van der Waals surface area contributed by atoms with Crippen molar-refractivity contribution in [3.05, 3.63) is 94.0 Å². The lowest BCUT2D eigenvalue weighted by Crippen LogP contribution is -2.04. The Bertz CT molecular complexity index is 1140. The van der Waals surface area contributed by atoms with Crippen molar-refractivity contribution in [2.75, 3.05) is 0 Å². The van der Waals surface area contributed by atoms with E-state index in [0.29, 0.717) is 18.2 Å². The van der Waals surface area contributed by atoms with E-state index in [1.165, 1.54) is 6.07 Å². The molecule has 28 heavy (non-hydrogen) atoms. The molecule has 0 saturated heterocycles. The van der Waals surface area contributed by atoms with Crippen molar-refractivity contribution in [3.63, 3.8) is 0 Å². The number of pyridine rings is 1. The Morgan fingerprint density at radius 3 is 2.57 bits per heavy atom. The minimum Gasteiger partial charge on any atom is -0.487 e. The van der Waals surface area contributed by atoms with Gasteiger partial charge in [0, 0.05) is 29.5 Å². The number of hydrogen-bond acceptors (Lipinski definition) is 2. The third kappa shape index (κ3) is 3.60. The smallest absolute Gasteiger partial charge is 0.147 e. The van der Waals surface area contributed by atoms with Crippen molar-refractivity contribution in [2.24, 2.45) is 0 Å². The van der Waals surface area contributed by atoms with Gasteiger partial charge in [0.05, 0.1) is 5.52 Å². The summed E-state index contributed by atoms with van der Waals surface area (Å²) < 4.78 is 21.9. The van der Waals surface area contributed by atoms with Gasteiger partial charge in [-0.3, -0.25) is 4.98 Å². The van der Waals surface area contributed by atoms with Gasteiger partial charge < -0.3 is 9.30 Å². The molecule has 0 atom stereocenters. The van der Waals surface area contributed by atoms with Gasteiger partial charge in [0.15, 0.2) is 0 Å². The summed E-state index contributed by atoms with van der Waals surface area (Å²) in [5, 5.41) is 0.699. The average Bonchev–Trinajstić information content (AvgIpc) is 2.93. The summed E-state index contributed by atoms with van der Waals surface area (Å²) in [7, 11) is 0. The second-order valence-corrected chi connectivity index (χ2v) is 7.28. The molecule has 3 nitrogen and oxygen atoms in total. The molecule has 5 heteroatoms. The second kappa shape index (κ2) is 7.64. The number of halogens is 2. The molecule has 2 heterocycles. The maximum absolute atomic E-state index is 13.7. The average molecular weight is 395 g/mol. The van der Waals surface area contributed by atoms with Crippen LogP contribution in [-0.4, -0.2) is 9.55 Å². The lowest BCUT2D eigenvalue weighted by molar-refractivity contribution is 0.308. The number of benzene rings is 2. The summed E-state index contributed by atoms with van der Waals surface area (Å²) in [4.78, 5) is 4.56. The molecule has 0 unspecified atom stereocenters. The van der Waals surface area contributed by atoms with Gasteiger partial charge in [-0.2, -0.15) is 0 Å². The molecule has 4 aromatic rings. The quantitative estimate of drug-likeness (QED) is 0.410. The third-order valence-electron chi connectivity index (χ3n) is 5.00. The summed E-state index contributed by atoms with van der Waals surface area (Å²) in [6, 6.07) is 16.1. The largest absolute Gasteiger partial charge is 0.487 e. The van der Waals surface area contributed by atoms with Crippen molar-refractivity contribution < 1.29 is 9.13 Å². The molecule has 0 radical (unpaired) electrons. The lowest BCUT2D eigenvalue weighted by atomic mass is 10.2. The number of nitrogens with zero attached hydrogens (tertiary/aromatic N) is 2. The molecule has 0 aliphatic carbocycles. The highest BCUT2D eigenvalue weighted by Crippen LogP contribution is 2.32. The molecule has 0 fully saturated rings. The van der Waals surface area contributed by atoms with Crippen LogP contribution in [0.25, 0.3) is 11.0 Å². The van der Waals surface area contributed by atoms with E-state index in [0.717, 1.165) is 39.2 Å². The van der Waals surface area contributed by atoms with Crippen LogP contribution < -0.4 is 4.74 Å². The van der Waals surface area contributed by atoms with Crippen LogP contribution in [0.4, 0.5) is 4.39 Å². The maximum atomic E-state index is 13.7. The second-order valence-electron chi connectivity index (χ2n) is 6.85. The van der Waals surface area contributed by atoms with E-state index in [2.05, 4.69) is 23.4 Å². The Kier molecular flexibility index (Phi) is 5.05. The zero-order valence-corrected chi connectivity index (χ0v) is 16.5. The number of ether oxygens (including phenoxy) is 1. The standard InChI is InChI=1S/C23H20ClFN2O/c1-15-16(2)27(13-18-4-3-5-20(25)12-18)23-21(10-11-26-22(15)23)28-14-17-6-8-19(24)9-7-17/h3-12H,13-14H2,1-2H3. The Morgan fingerprint density at radius 2 is 1.82 bits per heavy atom. The normalized spacial score (nSPS) is 11.1. The Morgan fingerprint density at radius 1 is 1.04 bits per heavy atom. The van der Waals surface area contributed by atoms with Crippen molar-refractivity contribution in [3.8, 4) is 5.75 Å². The van der Waals surface area contributed by atoms with Crippen molar-refractivity contribution in [1.82, 2.24) is 9.55 Å². The van der Waals surface area contributed by atoms with E-state index in [1.807, 2.05) is 36.4 Å². The molecule has 0 spiro atoms. The molecule has 4 rings (SSSR count). The highest BCUT2D eigenvalue weighted by Gasteiger charge is 2.17. The lowest BCUT2D eigenvalue weighted by Gasteiger charge is -2.13. The number of rotatable bonds is 5. The van der Waals surface area contributed by atoms with Gasteiger partial charge in [0.25, 0.3) is 0 Å². The summed E-state index contributed by atoms with van der Waals surface area (Å²) in [6.07, 6.45) is 1.76. The van der Waals surface area contributed by atoms with Crippen molar-refractivity contribution >= 4 is 22.6 Å². The zero-order chi connectivity index (χ0) is 19.7. The fourth-order valence-corrected chi connectivity index (χ4v) is 3.51. The first-order chi connectivity index (χ1) is 13.5. The van der Waals surface area contributed by atoms with E-state index in [1.54, 1.807) is 18.3 Å². The van der Waals surface area contributed by atoms with Gasteiger partial charge in [-0.05, 0) is 54.8 Å². The molecule has 0 aliphatic heterocycles. The minimum absolute atomic E-state index is 0.235. The summed E-state index contributed by atoms with van der Waals surface area (Å²) in [5.41, 5.74) is 5.95. The highest BCUT2D eigenvalue weighted by atomic mass is 35.5. The van der Waals surface area contributed by atoms with Crippen LogP contribution in [0.5, 0.6) is 5.75 Å². The maximum Gasteiger partial charge on any atom is 0.147 e. The van der Waals surface area contributed by atoms with Crippen LogP contribution in [0.1, 0.15) is 22.4 Å². The Balaban J connectivity index is 1.72. The molecule has 0 aliphatic rings. The van der Waals surface area contributed by atoms with E-state index in [9.17, 15) is 4.39 Å². The molecule has 0 saturated carbocycles. The van der Waals surface area contributed by atoms with Gasteiger partial charge >= 0.3 is 0 Å². The van der Waals surface area contributed by atoms with E-state index < -0.39 is 0 Å². The minimum atomic E-state index is -0.235.